The number of hydrogen-bond acceptors (Lipinski definition) is 4. The third kappa shape index (κ3) is 4.82. The van der Waals surface area contributed by atoms with Crippen LogP contribution in [0.1, 0.15) is 43.2 Å². The summed E-state index contributed by atoms with van der Waals surface area (Å²) in [6.07, 6.45) is 0.325. The Morgan fingerprint density at radius 3 is 2.70 bits per heavy atom. The van der Waals surface area contributed by atoms with Gasteiger partial charge in [-0.15, -0.1) is 0 Å². The van der Waals surface area contributed by atoms with Gasteiger partial charge in [-0.05, 0) is 46.2 Å². The number of amides is 2. The molecule has 0 bridgehead atoms. The Labute approximate surface area is 141 Å². The van der Waals surface area contributed by atoms with E-state index in [1.807, 2.05) is 27.7 Å². The summed E-state index contributed by atoms with van der Waals surface area (Å²) in [5.74, 6) is -0.279. The molecule has 1 aromatic heterocycles. The quantitative estimate of drug-likeness (QED) is 0.841. The van der Waals surface area contributed by atoms with Gasteiger partial charge < -0.3 is 15.0 Å². The van der Waals surface area contributed by atoms with Crippen LogP contribution in [-0.4, -0.2) is 46.6 Å². The van der Waals surface area contributed by atoms with E-state index in [0.717, 1.165) is 5.69 Å². The SMILES string of the molecule is Cc1ccc(C(=O)NC2CCN(C(=O)OC(C)(C)C)C2)c(Cl)n1. The van der Waals surface area contributed by atoms with Crippen LogP contribution in [0.2, 0.25) is 5.15 Å². The molecule has 1 atom stereocenters. The van der Waals surface area contributed by atoms with Gasteiger partial charge in [0.1, 0.15) is 10.8 Å². The standard InChI is InChI=1S/C16H22ClN3O3/c1-10-5-6-12(13(17)18-10)14(21)19-11-7-8-20(9-11)15(22)23-16(2,3)4/h5-6,11H,7-9H2,1-4H3,(H,19,21). The van der Waals surface area contributed by atoms with Gasteiger partial charge in [-0.3, -0.25) is 4.79 Å². The molecule has 1 unspecified atom stereocenters. The molecular formula is C16H22ClN3O3. The van der Waals surface area contributed by atoms with Crippen molar-refractivity contribution in [3.8, 4) is 0 Å². The third-order valence-corrected chi connectivity index (χ3v) is 3.70. The highest BCUT2D eigenvalue weighted by atomic mass is 35.5. The van der Waals surface area contributed by atoms with Crippen molar-refractivity contribution in [2.24, 2.45) is 0 Å². The summed E-state index contributed by atoms with van der Waals surface area (Å²) < 4.78 is 5.34. The molecule has 1 N–H and O–H groups in total. The zero-order chi connectivity index (χ0) is 17.2. The number of nitrogens with zero attached hydrogens (tertiary/aromatic N) is 2. The fourth-order valence-corrected chi connectivity index (χ4v) is 2.61. The lowest BCUT2D eigenvalue weighted by Crippen LogP contribution is -2.40. The summed E-state index contributed by atoms with van der Waals surface area (Å²) >= 11 is 6.01. The number of ether oxygens (including phenoxy) is 1. The van der Waals surface area contributed by atoms with Crippen molar-refractivity contribution in [2.75, 3.05) is 13.1 Å². The van der Waals surface area contributed by atoms with E-state index in [1.54, 1.807) is 17.0 Å². The summed E-state index contributed by atoms with van der Waals surface area (Å²) in [5.41, 5.74) is 0.566. The number of carbonyl (C=O) groups is 2. The number of rotatable bonds is 2. The van der Waals surface area contributed by atoms with Gasteiger partial charge in [-0.25, -0.2) is 9.78 Å². The van der Waals surface area contributed by atoms with Crippen LogP contribution in [0.3, 0.4) is 0 Å². The number of aryl methyl sites for hydroxylation is 1. The van der Waals surface area contributed by atoms with E-state index < -0.39 is 5.60 Å². The molecule has 1 fully saturated rings. The van der Waals surface area contributed by atoms with Crippen LogP contribution < -0.4 is 5.32 Å². The van der Waals surface area contributed by atoms with E-state index in [1.165, 1.54) is 0 Å². The molecule has 1 aliphatic heterocycles. The number of aromatic nitrogens is 1. The van der Waals surface area contributed by atoms with Crippen molar-refractivity contribution >= 4 is 23.6 Å². The molecule has 2 heterocycles. The Hall–Kier alpha value is -1.82. The first-order valence-electron chi connectivity index (χ1n) is 7.57. The van der Waals surface area contributed by atoms with Crippen LogP contribution >= 0.6 is 11.6 Å². The minimum atomic E-state index is -0.528. The van der Waals surface area contributed by atoms with Crippen molar-refractivity contribution in [1.82, 2.24) is 15.2 Å². The van der Waals surface area contributed by atoms with Gasteiger partial charge in [-0.2, -0.15) is 0 Å². The first-order chi connectivity index (χ1) is 10.7. The second-order valence-corrected chi connectivity index (χ2v) is 7.03. The summed E-state index contributed by atoms with van der Waals surface area (Å²) in [6.45, 7) is 8.27. The van der Waals surface area contributed by atoms with Crippen molar-refractivity contribution in [1.29, 1.82) is 0 Å². The Kier molecular flexibility index (Phi) is 5.14. The van der Waals surface area contributed by atoms with Gasteiger partial charge in [0.05, 0.1) is 5.56 Å². The van der Waals surface area contributed by atoms with E-state index in [2.05, 4.69) is 10.3 Å². The molecule has 1 saturated heterocycles. The third-order valence-electron chi connectivity index (χ3n) is 3.41. The molecule has 2 amide bonds. The molecule has 0 aromatic carbocycles. The lowest BCUT2D eigenvalue weighted by atomic mass is 10.2. The lowest BCUT2D eigenvalue weighted by Gasteiger charge is -2.24. The zero-order valence-electron chi connectivity index (χ0n) is 13.9. The second kappa shape index (κ2) is 6.74. The molecule has 6 nitrogen and oxygen atoms in total. The Morgan fingerprint density at radius 1 is 1.39 bits per heavy atom. The average Bonchev–Trinajstić information content (AvgIpc) is 2.85. The van der Waals surface area contributed by atoms with Gasteiger partial charge in [0, 0.05) is 24.8 Å². The molecule has 0 radical (unpaired) electrons. The lowest BCUT2D eigenvalue weighted by molar-refractivity contribution is 0.0290. The smallest absolute Gasteiger partial charge is 0.410 e. The molecule has 1 aliphatic rings. The van der Waals surface area contributed by atoms with E-state index >= 15 is 0 Å². The minimum absolute atomic E-state index is 0.118. The number of likely N-dealkylation sites (tertiary alicyclic amines) is 1. The highest BCUT2D eigenvalue weighted by Gasteiger charge is 2.30. The monoisotopic (exact) mass is 339 g/mol. The predicted octanol–water partition coefficient (Wildman–Crippen LogP) is 2.78. The molecular weight excluding hydrogens is 318 g/mol. The highest BCUT2D eigenvalue weighted by molar-refractivity contribution is 6.32. The fourth-order valence-electron chi connectivity index (χ4n) is 2.33. The maximum Gasteiger partial charge on any atom is 0.410 e. The molecule has 2 rings (SSSR count). The highest BCUT2D eigenvalue weighted by Crippen LogP contribution is 2.17. The zero-order valence-corrected chi connectivity index (χ0v) is 14.6. The van der Waals surface area contributed by atoms with E-state index in [9.17, 15) is 9.59 Å². The first kappa shape index (κ1) is 17.5. The van der Waals surface area contributed by atoms with Gasteiger partial charge in [-0.1, -0.05) is 11.6 Å². The summed E-state index contributed by atoms with van der Waals surface area (Å²) in [6, 6.07) is 3.27. The first-order valence-corrected chi connectivity index (χ1v) is 7.95. The van der Waals surface area contributed by atoms with Gasteiger partial charge in [0.25, 0.3) is 5.91 Å². The van der Waals surface area contributed by atoms with Crippen LogP contribution in [0.4, 0.5) is 4.79 Å². The van der Waals surface area contributed by atoms with Crippen LogP contribution in [0.25, 0.3) is 0 Å². The minimum Gasteiger partial charge on any atom is -0.444 e. The Morgan fingerprint density at radius 2 is 2.09 bits per heavy atom. The predicted molar refractivity (Wildman–Crippen MR) is 87.7 cm³/mol. The number of halogens is 1. The second-order valence-electron chi connectivity index (χ2n) is 6.68. The molecule has 7 heteroatoms. The average molecular weight is 340 g/mol. The van der Waals surface area contributed by atoms with Crippen LogP contribution in [0, 0.1) is 6.92 Å². The van der Waals surface area contributed by atoms with E-state index in [0.29, 0.717) is 25.1 Å². The van der Waals surface area contributed by atoms with Crippen LogP contribution in [0.5, 0.6) is 0 Å². The largest absolute Gasteiger partial charge is 0.444 e. The Bertz CT molecular complexity index is 613. The number of carbonyl (C=O) groups excluding carboxylic acids is 2. The topological polar surface area (TPSA) is 71.5 Å². The fraction of sp³-hybridized carbons (Fsp3) is 0.562. The van der Waals surface area contributed by atoms with Crippen molar-refractivity contribution in [3.05, 3.63) is 28.5 Å². The number of nitrogens with one attached hydrogen (secondary N) is 1. The van der Waals surface area contributed by atoms with Crippen LogP contribution in [0.15, 0.2) is 12.1 Å². The van der Waals surface area contributed by atoms with Gasteiger partial charge in [0.15, 0.2) is 0 Å². The number of hydrogen-bond donors (Lipinski definition) is 1. The summed E-state index contributed by atoms with van der Waals surface area (Å²) in [4.78, 5) is 30.0. The van der Waals surface area contributed by atoms with E-state index in [-0.39, 0.29) is 23.2 Å². The van der Waals surface area contributed by atoms with Crippen molar-refractivity contribution in [2.45, 2.75) is 45.8 Å². The molecule has 1 aromatic rings. The molecule has 0 saturated carbocycles. The maximum absolute atomic E-state index is 12.3. The molecule has 126 valence electrons. The van der Waals surface area contributed by atoms with Crippen molar-refractivity contribution < 1.29 is 14.3 Å². The molecule has 0 aliphatic carbocycles. The van der Waals surface area contributed by atoms with Crippen LogP contribution in [-0.2, 0) is 4.74 Å². The summed E-state index contributed by atoms with van der Waals surface area (Å²) in [5, 5.41) is 3.08. The maximum atomic E-state index is 12.3. The van der Waals surface area contributed by atoms with Gasteiger partial charge in [0.2, 0.25) is 0 Å². The van der Waals surface area contributed by atoms with Gasteiger partial charge >= 0.3 is 6.09 Å². The summed E-state index contributed by atoms with van der Waals surface area (Å²) in [7, 11) is 0. The van der Waals surface area contributed by atoms with E-state index in [4.69, 9.17) is 16.3 Å². The Balaban J connectivity index is 1.92. The molecule has 23 heavy (non-hydrogen) atoms. The number of pyridine rings is 1. The normalized spacial score (nSPS) is 18.0. The van der Waals surface area contributed by atoms with Crippen molar-refractivity contribution in [3.63, 3.8) is 0 Å². The molecule has 0 spiro atoms.